The minimum absolute atomic E-state index is 0.0385. The van der Waals surface area contributed by atoms with Crippen LogP contribution in [0.5, 0.6) is 0 Å². The van der Waals surface area contributed by atoms with Crippen LogP contribution >= 0.6 is 27.5 Å². The quantitative estimate of drug-likeness (QED) is 0.564. The van der Waals surface area contributed by atoms with E-state index in [0.717, 1.165) is 18.2 Å². The van der Waals surface area contributed by atoms with E-state index in [-0.39, 0.29) is 11.8 Å². The summed E-state index contributed by atoms with van der Waals surface area (Å²) in [5.74, 6) is -0.284. The Kier molecular flexibility index (Phi) is 5.21. The van der Waals surface area contributed by atoms with Gasteiger partial charge in [0.1, 0.15) is 0 Å². The monoisotopic (exact) mass is 406 g/mol. The maximum atomic E-state index is 12.9. The minimum Gasteiger partial charge on any atom is -0.320 e. The van der Waals surface area contributed by atoms with Crippen molar-refractivity contribution in [2.45, 2.75) is 19.3 Å². The lowest BCUT2D eigenvalue weighted by Crippen LogP contribution is -2.26. The third kappa shape index (κ3) is 3.32. The second-order valence-corrected chi connectivity index (χ2v) is 6.74. The Labute approximate surface area is 153 Å². The molecular formula is C18H16BrClN2O2. The van der Waals surface area contributed by atoms with E-state index in [0.29, 0.717) is 34.1 Å². The second-order valence-electron chi connectivity index (χ2n) is 5.51. The lowest BCUT2D eigenvalue weighted by atomic mass is 10.1. The van der Waals surface area contributed by atoms with Crippen LogP contribution in [0.3, 0.4) is 0 Å². The molecule has 3 rings (SSSR count). The lowest BCUT2D eigenvalue weighted by Gasteiger charge is -2.24. The number of halogens is 2. The fourth-order valence-corrected chi connectivity index (χ4v) is 3.30. The Morgan fingerprint density at radius 3 is 2.71 bits per heavy atom. The number of fused-ring (bicyclic) bond motifs is 2. The summed E-state index contributed by atoms with van der Waals surface area (Å²) in [4.78, 5) is 27.0. The summed E-state index contributed by atoms with van der Waals surface area (Å²) in [6, 6.07) is 12.3. The largest absolute Gasteiger partial charge is 0.320 e. The van der Waals surface area contributed by atoms with Crippen molar-refractivity contribution in [3.63, 3.8) is 0 Å². The van der Waals surface area contributed by atoms with Crippen LogP contribution in [0, 0.1) is 0 Å². The average molecular weight is 408 g/mol. The number of hydrogen-bond acceptors (Lipinski definition) is 2. The molecule has 0 saturated carbocycles. The molecule has 0 saturated heterocycles. The van der Waals surface area contributed by atoms with Crippen molar-refractivity contribution in [3.8, 4) is 0 Å². The number of nitrogens with zero attached hydrogens (tertiary/aromatic N) is 1. The number of amides is 2. The van der Waals surface area contributed by atoms with E-state index in [9.17, 15) is 9.59 Å². The number of para-hydroxylation sites is 1. The van der Waals surface area contributed by atoms with Gasteiger partial charge in [-0.25, -0.2) is 0 Å². The van der Waals surface area contributed by atoms with E-state index >= 15 is 0 Å². The standard InChI is InChI=1S/C18H16BrClN2O2/c19-10-4-3-7-17(23)22-15-6-2-1-5-13(15)18(24)21-14-11-12(20)8-9-16(14)22/h1-2,5-6,8-9,11H,3-4,7,10H2,(H,21,24). The van der Waals surface area contributed by atoms with Crippen LogP contribution in [0.4, 0.5) is 17.1 Å². The Hall–Kier alpha value is -1.85. The minimum atomic E-state index is -0.245. The molecule has 1 N–H and O–H groups in total. The summed E-state index contributed by atoms with van der Waals surface area (Å²) < 4.78 is 0. The highest BCUT2D eigenvalue weighted by Gasteiger charge is 2.28. The summed E-state index contributed by atoms with van der Waals surface area (Å²) in [6.45, 7) is 0. The zero-order chi connectivity index (χ0) is 17.1. The summed E-state index contributed by atoms with van der Waals surface area (Å²) in [7, 11) is 0. The molecule has 0 atom stereocenters. The van der Waals surface area contributed by atoms with Crippen molar-refractivity contribution in [1.82, 2.24) is 0 Å². The van der Waals surface area contributed by atoms with Crippen LogP contribution in [0.15, 0.2) is 42.5 Å². The smallest absolute Gasteiger partial charge is 0.257 e. The van der Waals surface area contributed by atoms with Gasteiger partial charge >= 0.3 is 0 Å². The SMILES string of the molecule is O=C1Nc2cc(Cl)ccc2N(C(=O)CCCCBr)c2ccccc21. The highest BCUT2D eigenvalue weighted by molar-refractivity contribution is 9.09. The fourth-order valence-electron chi connectivity index (χ4n) is 2.73. The van der Waals surface area contributed by atoms with Gasteiger partial charge in [-0.15, -0.1) is 0 Å². The first-order chi connectivity index (χ1) is 11.6. The highest BCUT2D eigenvalue weighted by Crippen LogP contribution is 2.39. The molecule has 0 bridgehead atoms. The number of rotatable bonds is 4. The Bertz CT molecular complexity index is 794. The number of anilines is 3. The second kappa shape index (κ2) is 7.36. The fraction of sp³-hybridized carbons (Fsp3) is 0.222. The zero-order valence-electron chi connectivity index (χ0n) is 12.9. The lowest BCUT2D eigenvalue weighted by molar-refractivity contribution is -0.118. The summed E-state index contributed by atoms with van der Waals surface area (Å²) >= 11 is 9.44. The van der Waals surface area contributed by atoms with Gasteiger partial charge in [0, 0.05) is 16.8 Å². The molecule has 0 radical (unpaired) electrons. The van der Waals surface area contributed by atoms with E-state index in [1.165, 1.54) is 0 Å². The predicted octanol–water partition coefficient (Wildman–Crippen LogP) is 5.14. The molecule has 0 unspecified atom stereocenters. The molecule has 1 heterocycles. The van der Waals surface area contributed by atoms with E-state index in [1.54, 1.807) is 41.3 Å². The number of carbonyl (C=O) groups is 2. The first kappa shape index (κ1) is 17.0. The summed E-state index contributed by atoms with van der Waals surface area (Å²) in [5, 5.41) is 4.22. The number of carbonyl (C=O) groups excluding carboxylic acids is 2. The van der Waals surface area contributed by atoms with Crippen LogP contribution < -0.4 is 10.2 Å². The van der Waals surface area contributed by atoms with Crippen LogP contribution in [0.1, 0.15) is 29.6 Å². The summed E-state index contributed by atoms with van der Waals surface area (Å²) in [6.07, 6.45) is 2.12. The van der Waals surface area contributed by atoms with Crippen molar-refractivity contribution in [2.75, 3.05) is 15.5 Å². The van der Waals surface area contributed by atoms with E-state index in [1.807, 2.05) is 6.07 Å². The van der Waals surface area contributed by atoms with E-state index in [4.69, 9.17) is 11.6 Å². The van der Waals surface area contributed by atoms with Crippen LogP contribution in [0.2, 0.25) is 5.02 Å². The van der Waals surface area contributed by atoms with Gasteiger partial charge in [0.15, 0.2) is 0 Å². The maximum absolute atomic E-state index is 12.9. The molecule has 1 aliphatic heterocycles. The van der Waals surface area contributed by atoms with Gasteiger partial charge in [-0.2, -0.15) is 0 Å². The number of hydrogen-bond donors (Lipinski definition) is 1. The van der Waals surface area contributed by atoms with Crippen molar-refractivity contribution in [1.29, 1.82) is 0 Å². The van der Waals surface area contributed by atoms with Crippen LogP contribution in [0.25, 0.3) is 0 Å². The topological polar surface area (TPSA) is 49.4 Å². The van der Waals surface area contributed by atoms with Gasteiger partial charge in [-0.3, -0.25) is 14.5 Å². The molecule has 2 amide bonds. The number of benzene rings is 2. The van der Waals surface area contributed by atoms with Gasteiger partial charge < -0.3 is 5.32 Å². The normalized spacial score (nSPS) is 12.9. The highest BCUT2D eigenvalue weighted by atomic mass is 79.9. The maximum Gasteiger partial charge on any atom is 0.257 e. The van der Waals surface area contributed by atoms with Crippen LogP contribution in [-0.2, 0) is 4.79 Å². The molecule has 0 aliphatic carbocycles. The molecule has 6 heteroatoms. The van der Waals surface area contributed by atoms with E-state index in [2.05, 4.69) is 21.2 Å². The first-order valence-corrected chi connectivity index (χ1v) is 9.20. The van der Waals surface area contributed by atoms with Gasteiger partial charge in [-0.1, -0.05) is 39.7 Å². The third-order valence-electron chi connectivity index (χ3n) is 3.86. The van der Waals surface area contributed by atoms with Crippen molar-refractivity contribution >= 4 is 56.4 Å². The average Bonchev–Trinajstić information content (AvgIpc) is 2.69. The van der Waals surface area contributed by atoms with Gasteiger partial charge in [0.05, 0.1) is 22.6 Å². The van der Waals surface area contributed by atoms with Crippen molar-refractivity contribution in [3.05, 3.63) is 53.1 Å². The van der Waals surface area contributed by atoms with Gasteiger partial charge in [0.2, 0.25) is 5.91 Å². The zero-order valence-corrected chi connectivity index (χ0v) is 15.2. The number of nitrogens with one attached hydrogen (secondary N) is 1. The Balaban J connectivity index is 2.09. The number of unbranched alkanes of at least 4 members (excludes halogenated alkanes) is 1. The third-order valence-corrected chi connectivity index (χ3v) is 4.66. The molecule has 0 aromatic heterocycles. The van der Waals surface area contributed by atoms with Crippen molar-refractivity contribution in [2.24, 2.45) is 0 Å². The molecule has 4 nitrogen and oxygen atoms in total. The molecular weight excluding hydrogens is 392 g/mol. The molecule has 0 fully saturated rings. The van der Waals surface area contributed by atoms with Gasteiger partial charge in [0.25, 0.3) is 5.91 Å². The molecule has 2 aromatic carbocycles. The molecule has 124 valence electrons. The molecule has 0 spiro atoms. The van der Waals surface area contributed by atoms with Crippen LogP contribution in [-0.4, -0.2) is 17.1 Å². The molecule has 2 aromatic rings. The summed E-state index contributed by atoms with van der Waals surface area (Å²) in [5.41, 5.74) is 2.25. The van der Waals surface area contributed by atoms with Crippen molar-refractivity contribution < 1.29 is 9.59 Å². The predicted molar refractivity (Wildman–Crippen MR) is 101 cm³/mol. The number of alkyl halides is 1. The van der Waals surface area contributed by atoms with E-state index < -0.39 is 0 Å². The van der Waals surface area contributed by atoms with Gasteiger partial charge in [-0.05, 0) is 43.2 Å². The first-order valence-electron chi connectivity index (χ1n) is 7.70. The Morgan fingerprint density at radius 2 is 1.92 bits per heavy atom. The molecule has 1 aliphatic rings. The molecule has 24 heavy (non-hydrogen) atoms. The Morgan fingerprint density at radius 1 is 1.12 bits per heavy atom.